The molecule has 0 saturated carbocycles. The maximum atomic E-state index is 15.3. The number of ether oxygens (including phenoxy) is 5. The van der Waals surface area contributed by atoms with Crippen LogP contribution in [0.1, 0.15) is 42.4 Å². The molecule has 1 N–H and O–H groups in total. The zero-order chi connectivity index (χ0) is 38.2. The zero-order valence-corrected chi connectivity index (χ0v) is 31.7. The Labute approximate surface area is 315 Å². The highest BCUT2D eigenvalue weighted by Gasteiger charge is 2.59. The van der Waals surface area contributed by atoms with E-state index in [9.17, 15) is 18.5 Å². The number of fused-ring (bicyclic) bond motifs is 1. The van der Waals surface area contributed by atoms with E-state index in [4.69, 9.17) is 23.7 Å². The summed E-state index contributed by atoms with van der Waals surface area (Å²) in [5.41, 5.74) is -1.83. The number of sulfonamides is 1. The SMILES string of the molecule is COc1ccc(S(=O)(=O)N2C(=O)[C@@](NC(=O)N3CCC(C4CCN(C5COC5)CC4)CC3)(c3cc(OC)ccc3OC)c3cc(C#N)ccc32)c(OC)c1. The lowest BCUT2D eigenvalue weighted by molar-refractivity contribution is -0.121. The van der Waals surface area contributed by atoms with Crippen LogP contribution < -0.4 is 28.6 Å². The van der Waals surface area contributed by atoms with Gasteiger partial charge >= 0.3 is 6.03 Å². The summed E-state index contributed by atoms with van der Waals surface area (Å²) in [6, 6.07) is 15.2. The average molecular weight is 760 g/mol. The highest BCUT2D eigenvalue weighted by Crippen LogP contribution is 2.51. The van der Waals surface area contributed by atoms with Crippen LogP contribution in [0.25, 0.3) is 0 Å². The van der Waals surface area contributed by atoms with Crippen molar-refractivity contribution < 1.29 is 41.7 Å². The van der Waals surface area contributed by atoms with Crippen molar-refractivity contribution in [1.82, 2.24) is 15.1 Å². The van der Waals surface area contributed by atoms with Crippen LogP contribution in [0, 0.1) is 23.2 Å². The quantitative estimate of drug-likeness (QED) is 0.317. The number of amides is 3. The van der Waals surface area contributed by atoms with E-state index in [0.717, 1.165) is 52.0 Å². The molecule has 15 heteroatoms. The van der Waals surface area contributed by atoms with Crippen LogP contribution in [-0.4, -0.2) is 104 Å². The normalized spacial score (nSPS) is 21.2. The standard InChI is InChI=1S/C39H45N5O9S/c1-49-29-6-9-34(51-3)32(20-29)39(41-38(46)43-17-13-27(14-18-43)26-11-15-42(16-12-26)28-23-53-24-28)31-19-25(22-40)5-8-33(31)44(37(39)45)54(47,48)36-10-7-30(50-2)21-35(36)52-4/h5-10,19-21,26-28H,11-18,23-24H2,1-4H3,(H,41,46)/t39-/m0/s1. The maximum Gasteiger partial charge on any atom is 0.318 e. The van der Waals surface area contributed by atoms with Gasteiger partial charge in [-0.15, -0.1) is 0 Å². The molecule has 0 unspecified atom stereocenters. The largest absolute Gasteiger partial charge is 0.497 e. The van der Waals surface area contributed by atoms with Gasteiger partial charge in [-0.1, -0.05) is 0 Å². The number of hydrogen-bond acceptors (Lipinski definition) is 11. The van der Waals surface area contributed by atoms with Crippen LogP contribution >= 0.6 is 0 Å². The van der Waals surface area contributed by atoms with E-state index in [-0.39, 0.29) is 38.8 Å². The van der Waals surface area contributed by atoms with Gasteiger partial charge in [0.25, 0.3) is 15.9 Å². The van der Waals surface area contributed by atoms with E-state index >= 15 is 4.79 Å². The molecule has 0 bridgehead atoms. The molecule has 0 radical (unpaired) electrons. The van der Waals surface area contributed by atoms with Gasteiger partial charge in [0.1, 0.15) is 27.9 Å². The van der Waals surface area contributed by atoms with Crippen LogP contribution in [0.2, 0.25) is 0 Å². The first-order valence-corrected chi connectivity index (χ1v) is 19.5. The van der Waals surface area contributed by atoms with E-state index in [0.29, 0.717) is 46.8 Å². The minimum atomic E-state index is -4.72. The Bertz CT molecular complexity index is 2070. The van der Waals surface area contributed by atoms with Crippen LogP contribution in [0.4, 0.5) is 10.5 Å². The number of methoxy groups -OCH3 is 4. The van der Waals surface area contributed by atoms with Crippen molar-refractivity contribution in [2.24, 2.45) is 11.8 Å². The molecule has 14 nitrogen and oxygen atoms in total. The molecule has 54 heavy (non-hydrogen) atoms. The Hall–Kier alpha value is -5.04. The first-order chi connectivity index (χ1) is 26.1. The molecule has 3 amide bonds. The van der Waals surface area contributed by atoms with Crippen molar-refractivity contribution >= 4 is 27.6 Å². The van der Waals surface area contributed by atoms with Crippen LogP contribution in [0.3, 0.4) is 0 Å². The molecule has 3 saturated heterocycles. The number of likely N-dealkylation sites (tertiary alicyclic amines) is 2. The molecule has 1 atom stereocenters. The van der Waals surface area contributed by atoms with Crippen LogP contribution in [0.15, 0.2) is 59.5 Å². The Morgan fingerprint density at radius 3 is 2.04 bits per heavy atom. The molecule has 3 aromatic rings. The molecule has 4 aliphatic rings. The van der Waals surface area contributed by atoms with E-state index in [1.54, 1.807) is 17.0 Å². The van der Waals surface area contributed by atoms with Gasteiger partial charge in [-0.2, -0.15) is 9.57 Å². The summed E-state index contributed by atoms with van der Waals surface area (Å²) in [7, 11) is 0.905. The van der Waals surface area contributed by atoms with Crippen molar-refractivity contribution in [3.63, 3.8) is 0 Å². The number of urea groups is 1. The Kier molecular flexibility index (Phi) is 10.4. The molecular formula is C39H45N5O9S. The fourth-order valence-electron chi connectivity index (χ4n) is 8.34. The molecule has 4 heterocycles. The number of nitriles is 1. The van der Waals surface area contributed by atoms with Crippen LogP contribution in [-0.2, 0) is 25.1 Å². The summed E-state index contributed by atoms with van der Waals surface area (Å²) >= 11 is 0. The van der Waals surface area contributed by atoms with Crippen molar-refractivity contribution in [2.45, 2.75) is 42.2 Å². The molecule has 0 spiro atoms. The molecule has 3 fully saturated rings. The number of hydrogen-bond donors (Lipinski definition) is 1. The van der Waals surface area contributed by atoms with Gasteiger partial charge in [0.15, 0.2) is 5.54 Å². The smallest absolute Gasteiger partial charge is 0.318 e. The summed E-state index contributed by atoms with van der Waals surface area (Å²) in [5.74, 6) is 0.859. The number of carbonyl (C=O) groups excluding carboxylic acids is 2. The third-order valence-electron chi connectivity index (χ3n) is 11.5. The second-order valence-electron chi connectivity index (χ2n) is 14.1. The third-order valence-corrected chi connectivity index (χ3v) is 13.2. The van der Waals surface area contributed by atoms with Gasteiger partial charge in [-0.05, 0) is 99.1 Å². The summed E-state index contributed by atoms with van der Waals surface area (Å²) in [6.45, 7) is 4.65. The second kappa shape index (κ2) is 15.0. The summed E-state index contributed by atoms with van der Waals surface area (Å²) in [6.07, 6.45) is 3.84. The molecule has 0 aliphatic carbocycles. The number of nitrogens with zero attached hydrogens (tertiary/aromatic N) is 4. The van der Waals surface area contributed by atoms with Gasteiger partial charge in [-0.25, -0.2) is 13.2 Å². The third kappa shape index (κ3) is 6.35. The fourth-order valence-corrected chi connectivity index (χ4v) is 9.95. The number of rotatable bonds is 10. The number of anilines is 1. The highest BCUT2D eigenvalue weighted by molar-refractivity contribution is 7.93. The first kappa shape index (κ1) is 37.3. The van der Waals surface area contributed by atoms with Gasteiger partial charge in [0.05, 0.1) is 65.0 Å². The minimum absolute atomic E-state index is 0.0412. The van der Waals surface area contributed by atoms with E-state index in [1.807, 2.05) is 0 Å². The predicted octanol–water partition coefficient (Wildman–Crippen LogP) is 4.10. The van der Waals surface area contributed by atoms with Crippen molar-refractivity contribution in [1.29, 1.82) is 5.26 Å². The molecular weight excluding hydrogens is 715 g/mol. The monoisotopic (exact) mass is 759 g/mol. The Morgan fingerprint density at radius 2 is 1.44 bits per heavy atom. The maximum absolute atomic E-state index is 15.3. The first-order valence-electron chi connectivity index (χ1n) is 18.1. The minimum Gasteiger partial charge on any atom is -0.497 e. The second-order valence-corrected chi connectivity index (χ2v) is 15.8. The summed E-state index contributed by atoms with van der Waals surface area (Å²) in [5, 5.41) is 13.0. The fraction of sp³-hybridized carbons (Fsp3) is 0.462. The Morgan fingerprint density at radius 1 is 0.815 bits per heavy atom. The number of benzene rings is 3. The van der Waals surface area contributed by atoms with E-state index in [1.165, 1.54) is 70.9 Å². The topological polar surface area (TPSA) is 160 Å². The van der Waals surface area contributed by atoms with Crippen LogP contribution in [0.5, 0.6) is 23.0 Å². The zero-order valence-electron chi connectivity index (χ0n) is 30.9. The molecule has 0 aromatic heterocycles. The predicted molar refractivity (Wildman–Crippen MR) is 197 cm³/mol. The van der Waals surface area contributed by atoms with E-state index < -0.39 is 27.5 Å². The van der Waals surface area contributed by atoms with Gasteiger partial charge in [0.2, 0.25) is 0 Å². The molecule has 7 rings (SSSR count). The molecule has 3 aromatic carbocycles. The van der Waals surface area contributed by atoms with Gasteiger partial charge in [0, 0.05) is 30.3 Å². The van der Waals surface area contributed by atoms with Gasteiger partial charge < -0.3 is 33.9 Å². The number of piperidine rings is 2. The summed E-state index contributed by atoms with van der Waals surface area (Å²) < 4.78 is 57.6. The van der Waals surface area contributed by atoms with Gasteiger partial charge in [-0.3, -0.25) is 9.69 Å². The lowest BCUT2D eigenvalue weighted by Crippen LogP contribution is -2.58. The van der Waals surface area contributed by atoms with Crippen molar-refractivity contribution in [3.8, 4) is 29.1 Å². The van der Waals surface area contributed by atoms with Crippen molar-refractivity contribution in [2.75, 3.05) is 72.1 Å². The van der Waals surface area contributed by atoms with E-state index in [2.05, 4.69) is 16.3 Å². The summed E-state index contributed by atoms with van der Waals surface area (Å²) in [4.78, 5) is 33.8. The van der Waals surface area contributed by atoms with Crippen molar-refractivity contribution in [3.05, 3.63) is 71.3 Å². The lowest BCUT2D eigenvalue weighted by atomic mass is 9.78. The number of carbonyl (C=O) groups is 2. The average Bonchev–Trinajstić information content (AvgIpc) is 3.44. The molecule has 4 aliphatic heterocycles. The lowest BCUT2D eigenvalue weighted by Gasteiger charge is -2.44. The molecule has 286 valence electrons. The number of nitrogens with one attached hydrogen (secondary N) is 1. The highest BCUT2D eigenvalue weighted by atomic mass is 32.2. The Balaban J connectivity index is 1.27.